The molecule has 0 fully saturated rings. The molecule has 1 aromatic rings. The second-order valence-corrected chi connectivity index (χ2v) is 4.25. The third-order valence-electron chi connectivity index (χ3n) is 2.38. The molecule has 0 bridgehead atoms. The molecule has 1 amide bonds. The topological polar surface area (TPSA) is 66.4 Å². The Morgan fingerprint density at radius 1 is 1.31 bits per heavy atom. The fraction of sp³-hybridized carbons (Fsp3) is 0.333. The SMILES string of the molecule is Cc1cccc(NC(=O)C(C)(C)C(=O)O)c1. The van der Waals surface area contributed by atoms with Gasteiger partial charge in [-0.1, -0.05) is 12.1 Å². The maximum absolute atomic E-state index is 11.7. The van der Waals surface area contributed by atoms with Gasteiger partial charge in [-0.15, -0.1) is 0 Å². The highest BCUT2D eigenvalue weighted by molar-refractivity contribution is 6.07. The smallest absolute Gasteiger partial charge is 0.318 e. The van der Waals surface area contributed by atoms with Crippen LogP contribution >= 0.6 is 0 Å². The number of anilines is 1. The molecule has 0 atom stereocenters. The minimum atomic E-state index is -1.43. The van der Waals surface area contributed by atoms with Crippen LogP contribution in [0.15, 0.2) is 24.3 Å². The van der Waals surface area contributed by atoms with E-state index in [-0.39, 0.29) is 0 Å². The van der Waals surface area contributed by atoms with Gasteiger partial charge in [-0.25, -0.2) is 0 Å². The molecule has 0 saturated carbocycles. The minimum Gasteiger partial charge on any atom is -0.480 e. The standard InChI is InChI=1S/C12H15NO3/c1-8-5-4-6-9(7-8)13-10(14)12(2,3)11(15)16/h4-7H,1-3H3,(H,13,14)(H,15,16). The molecule has 86 valence electrons. The second kappa shape index (κ2) is 4.35. The van der Waals surface area contributed by atoms with Crippen molar-refractivity contribution in [3.8, 4) is 0 Å². The van der Waals surface area contributed by atoms with Crippen LogP contribution in [-0.4, -0.2) is 17.0 Å². The lowest BCUT2D eigenvalue weighted by molar-refractivity contribution is -0.151. The number of amides is 1. The van der Waals surface area contributed by atoms with Crippen molar-refractivity contribution in [3.05, 3.63) is 29.8 Å². The summed E-state index contributed by atoms with van der Waals surface area (Å²) in [5, 5.41) is 11.5. The Labute approximate surface area is 94.3 Å². The van der Waals surface area contributed by atoms with Gasteiger partial charge >= 0.3 is 5.97 Å². The second-order valence-electron chi connectivity index (χ2n) is 4.25. The van der Waals surface area contributed by atoms with E-state index in [2.05, 4.69) is 5.32 Å². The zero-order valence-electron chi connectivity index (χ0n) is 9.57. The number of carbonyl (C=O) groups is 2. The quantitative estimate of drug-likeness (QED) is 0.767. The van der Waals surface area contributed by atoms with Crippen molar-refractivity contribution in [2.75, 3.05) is 5.32 Å². The summed E-state index contributed by atoms with van der Waals surface area (Å²) >= 11 is 0. The van der Waals surface area contributed by atoms with E-state index in [0.29, 0.717) is 5.69 Å². The largest absolute Gasteiger partial charge is 0.480 e. The fourth-order valence-electron chi connectivity index (χ4n) is 1.11. The first kappa shape index (κ1) is 12.2. The van der Waals surface area contributed by atoms with Gasteiger partial charge in [-0.3, -0.25) is 9.59 Å². The molecule has 0 unspecified atom stereocenters. The monoisotopic (exact) mass is 221 g/mol. The number of hydrogen-bond acceptors (Lipinski definition) is 2. The summed E-state index contributed by atoms with van der Waals surface area (Å²) in [5.74, 6) is -1.66. The molecule has 0 aromatic heterocycles. The summed E-state index contributed by atoms with van der Waals surface area (Å²) < 4.78 is 0. The molecular formula is C12H15NO3. The molecule has 2 N–H and O–H groups in total. The van der Waals surface area contributed by atoms with E-state index >= 15 is 0 Å². The summed E-state index contributed by atoms with van der Waals surface area (Å²) in [6, 6.07) is 7.22. The summed E-state index contributed by atoms with van der Waals surface area (Å²) in [7, 11) is 0. The predicted molar refractivity (Wildman–Crippen MR) is 61.2 cm³/mol. The van der Waals surface area contributed by atoms with Crippen molar-refractivity contribution < 1.29 is 14.7 Å². The van der Waals surface area contributed by atoms with Crippen LogP contribution in [0.2, 0.25) is 0 Å². The first-order valence-corrected chi connectivity index (χ1v) is 4.95. The van der Waals surface area contributed by atoms with Crippen molar-refractivity contribution in [2.45, 2.75) is 20.8 Å². The van der Waals surface area contributed by atoms with Crippen LogP contribution in [0.4, 0.5) is 5.69 Å². The van der Waals surface area contributed by atoms with Crippen LogP contribution in [0, 0.1) is 12.3 Å². The Morgan fingerprint density at radius 2 is 1.94 bits per heavy atom. The van der Waals surface area contributed by atoms with Gasteiger partial charge < -0.3 is 10.4 Å². The molecule has 0 spiro atoms. The zero-order valence-corrected chi connectivity index (χ0v) is 9.57. The molecule has 1 rings (SSSR count). The number of carbonyl (C=O) groups excluding carboxylic acids is 1. The minimum absolute atomic E-state index is 0.523. The molecule has 0 radical (unpaired) electrons. The Balaban J connectivity index is 2.83. The molecule has 0 heterocycles. The fourth-order valence-corrected chi connectivity index (χ4v) is 1.11. The molecule has 0 saturated heterocycles. The Hall–Kier alpha value is -1.84. The number of hydrogen-bond donors (Lipinski definition) is 2. The highest BCUT2D eigenvalue weighted by Gasteiger charge is 2.35. The number of rotatable bonds is 3. The van der Waals surface area contributed by atoms with Gasteiger partial charge in [-0.05, 0) is 38.5 Å². The zero-order chi connectivity index (χ0) is 12.3. The average Bonchev–Trinajstić information content (AvgIpc) is 2.17. The molecule has 4 nitrogen and oxygen atoms in total. The number of carboxylic acids is 1. The van der Waals surface area contributed by atoms with Crippen LogP contribution < -0.4 is 5.32 Å². The first-order chi connectivity index (χ1) is 7.34. The molecule has 1 aromatic carbocycles. The van der Waals surface area contributed by atoms with Crippen LogP contribution in [0.1, 0.15) is 19.4 Å². The van der Waals surface area contributed by atoms with Gasteiger partial charge in [0.1, 0.15) is 5.41 Å². The summed E-state index contributed by atoms with van der Waals surface area (Å²) in [4.78, 5) is 22.6. The van der Waals surface area contributed by atoms with Gasteiger partial charge in [0, 0.05) is 5.69 Å². The third-order valence-corrected chi connectivity index (χ3v) is 2.38. The Bertz CT molecular complexity index is 424. The van der Waals surface area contributed by atoms with Gasteiger partial charge in [0.05, 0.1) is 0 Å². The molecule has 0 aliphatic rings. The Morgan fingerprint density at radius 3 is 2.44 bits per heavy atom. The van der Waals surface area contributed by atoms with E-state index in [4.69, 9.17) is 5.11 Å². The Kier molecular flexibility index (Phi) is 3.32. The van der Waals surface area contributed by atoms with Gasteiger partial charge in [0.15, 0.2) is 0 Å². The van der Waals surface area contributed by atoms with Crippen LogP contribution in [0.5, 0.6) is 0 Å². The molecular weight excluding hydrogens is 206 g/mol. The maximum atomic E-state index is 11.7. The van der Waals surface area contributed by atoms with Crippen molar-refractivity contribution in [3.63, 3.8) is 0 Å². The lowest BCUT2D eigenvalue weighted by atomic mass is 9.92. The van der Waals surface area contributed by atoms with E-state index in [0.717, 1.165) is 5.56 Å². The van der Waals surface area contributed by atoms with Crippen LogP contribution in [0.3, 0.4) is 0 Å². The number of benzene rings is 1. The van der Waals surface area contributed by atoms with E-state index in [1.54, 1.807) is 18.2 Å². The summed E-state index contributed by atoms with van der Waals surface area (Å²) in [6.07, 6.45) is 0. The normalized spacial score (nSPS) is 10.9. The molecule has 0 aliphatic heterocycles. The van der Waals surface area contributed by atoms with E-state index in [1.807, 2.05) is 13.0 Å². The van der Waals surface area contributed by atoms with E-state index in [9.17, 15) is 9.59 Å². The number of aliphatic carboxylic acids is 1. The average molecular weight is 221 g/mol. The summed E-state index contributed by atoms with van der Waals surface area (Å²) in [6.45, 7) is 4.65. The van der Waals surface area contributed by atoms with Crippen LogP contribution in [0.25, 0.3) is 0 Å². The lowest BCUT2D eigenvalue weighted by Gasteiger charge is -2.18. The van der Waals surface area contributed by atoms with Crippen LogP contribution in [-0.2, 0) is 9.59 Å². The van der Waals surface area contributed by atoms with E-state index < -0.39 is 17.3 Å². The molecule has 16 heavy (non-hydrogen) atoms. The first-order valence-electron chi connectivity index (χ1n) is 4.95. The molecule has 4 heteroatoms. The number of carboxylic acid groups (broad SMARTS) is 1. The number of nitrogens with one attached hydrogen (secondary N) is 1. The van der Waals surface area contributed by atoms with E-state index in [1.165, 1.54) is 13.8 Å². The maximum Gasteiger partial charge on any atom is 0.318 e. The van der Waals surface area contributed by atoms with Crippen molar-refractivity contribution in [1.29, 1.82) is 0 Å². The van der Waals surface area contributed by atoms with Gasteiger partial charge in [-0.2, -0.15) is 0 Å². The van der Waals surface area contributed by atoms with Crippen molar-refractivity contribution in [1.82, 2.24) is 0 Å². The predicted octanol–water partition coefficient (Wildman–Crippen LogP) is 2.04. The van der Waals surface area contributed by atoms with Gasteiger partial charge in [0.25, 0.3) is 0 Å². The van der Waals surface area contributed by atoms with Crippen molar-refractivity contribution in [2.24, 2.45) is 5.41 Å². The molecule has 0 aliphatic carbocycles. The summed E-state index contributed by atoms with van der Waals surface area (Å²) in [5.41, 5.74) is 0.189. The highest BCUT2D eigenvalue weighted by atomic mass is 16.4. The lowest BCUT2D eigenvalue weighted by Crippen LogP contribution is -2.37. The highest BCUT2D eigenvalue weighted by Crippen LogP contribution is 2.19. The third kappa shape index (κ3) is 2.59. The van der Waals surface area contributed by atoms with Gasteiger partial charge in [0.2, 0.25) is 5.91 Å². The number of aryl methyl sites for hydroxylation is 1. The van der Waals surface area contributed by atoms with Crippen molar-refractivity contribution >= 4 is 17.6 Å².